The monoisotopic (exact) mass is 295 g/mol. The minimum Gasteiger partial charge on any atom is -0.326 e. The number of hydrogen-bond donors (Lipinski definition) is 3. The molecule has 0 unspecified atom stereocenters. The number of rotatable bonds is 3. The van der Waals surface area contributed by atoms with Gasteiger partial charge in [-0.2, -0.15) is 16.8 Å². The Balaban J connectivity index is 3.53. The van der Waals surface area contributed by atoms with Gasteiger partial charge in [0.05, 0.1) is 9.79 Å². The van der Waals surface area contributed by atoms with Crippen LogP contribution in [0.15, 0.2) is 28.0 Å². The minimum absolute atomic E-state index is 0.190. The summed E-state index contributed by atoms with van der Waals surface area (Å²) in [4.78, 5) is 9.27. The molecule has 0 atom stereocenters. The molecule has 1 aromatic carbocycles. The van der Waals surface area contributed by atoms with E-state index in [4.69, 9.17) is 9.11 Å². The van der Waals surface area contributed by atoms with Gasteiger partial charge in [0.15, 0.2) is 0 Å². The third-order valence-electron chi connectivity index (χ3n) is 1.80. The van der Waals surface area contributed by atoms with E-state index in [-0.39, 0.29) is 5.69 Å². The lowest BCUT2D eigenvalue weighted by Crippen LogP contribution is -2.09. The highest BCUT2D eigenvalue weighted by Gasteiger charge is 2.18. The summed E-state index contributed by atoms with van der Waals surface area (Å²) in [6.07, 6.45) is 0. The van der Waals surface area contributed by atoms with Crippen molar-refractivity contribution in [3.8, 4) is 0 Å². The molecule has 0 heterocycles. The largest absolute Gasteiger partial charge is 0.326 e. The third kappa shape index (κ3) is 3.77. The molecule has 3 N–H and O–H groups in total. The minimum atomic E-state index is -4.67. The summed E-state index contributed by atoms with van der Waals surface area (Å²) in [6, 6.07) is 2.27. The number of nitrogens with one attached hydrogen (secondary N) is 1. The van der Waals surface area contributed by atoms with Crippen molar-refractivity contribution in [3.05, 3.63) is 18.2 Å². The maximum atomic E-state index is 10.9. The van der Waals surface area contributed by atoms with Crippen LogP contribution in [0.4, 0.5) is 5.69 Å². The Labute approximate surface area is 103 Å². The smallest absolute Gasteiger partial charge is 0.294 e. The molecular weight excluding hydrogens is 286 g/mol. The second-order valence-electron chi connectivity index (χ2n) is 3.32. The van der Waals surface area contributed by atoms with Crippen LogP contribution in [0, 0.1) is 0 Å². The van der Waals surface area contributed by atoms with E-state index in [9.17, 15) is 21.6 Å². The average Bonchev–Trinajstić information content (AvgIpc) is 2.13. The Morgan fingerprint density at radius 2 is 1.39 bits per heavy atom. The SMILES string of the molecule is CC(=O)Nc1cc(S(=O)(=O)O)cc(S(=O)(=O)O)c1. The number of hydrogen-bond acceptors (Lipinski definition) is 5. The van der Waals surface area contributed by atoms with E-state index < -0.39 is 35.9 Å². The van der Waals surface area contributed by atoms with Crippen molar-refractivity contribution < 1.29 is 30.7 Å². The van der Waals surface area contributed by atoms with Crippen LogP contribution in [-0.4, -0.2) is 31.8 Å². The fourth-order valence-corrected chi connectivity index (χ4v) is 2.32. The van der Waals surface area contributed by atoms with Crippen LogP contribution in [-0.2, 0) is 25.0 Å². The van der Waals surface area contributed by atoms with Crippen LogP contribution in [0.25, 0.3) is 0 Å². The maximum Gasteiger partial charge on any atom is 0.294 e. The maximum absolute atomic E-state index is 10.9. The Morgan fingerprint density at radius 1 is 1.00 bits per heavy atom. The van der Waals surface area contributed by atoms with Gasteiger partial charge in [0.25, 0.3) is 20.2 Å². The lowest BCUT2D eigenvalue weighted by atomic mass is 10.3. The highest BCUT2D eigenvalue weighted by molar-refractivity contribution is 7.86. The Morgan fingerprint density at radius 3 is 1.67 bits per heavy atom. The second-order valence-corrected chi connectivity index (χ2v) is 6.17. The summed E-state index contributed by atoms with van der Waals surface area (Å²) in [5.41, 5.74) is -0.190. The summed E-state index contributed by atoms with van der Waals surface area (Å²) in [5.74, 6) is -0.580. The number of benzene rings is 1. The zero-order chi connectivity index (χ0) is 14.1. The van der Waals surface area contributed by atoms with Gasteiger partial charge in [-0.1, -0.05) is 0 Å². The van der Waals surface area contributed by atoms with Crippen molar-refractivity contribution in [2.24, 2.45) is 0 Å². The molecule has 0 aromatic heterocycles. The Bertz CT molecular complexity index is 640. The first-order chi connectivity index (χ1) is 8.00. The average molecular weight is 295 g/mol. The van der Waals surface area contributed by atoms with Gasteiger partial charge in [0, 0.05) is 12.6 Å². The van der Waals surface area contributed by atoms with E-state index in [0.29, 0.717) is 6.07 Å². The first-order valence-corrected chi connectivity index (χ1v) is 7.26. The highest BCUT2D eigenvalue weighted by atomic mass is 32.2. The summed E-state index contributed by atoms with van der Waals surface area (Å²) < 4.78 is 61.3. The first kappa shape index (κ1) is 14.6. The van der Waals surface area contributed by atoms with E-state index in [2.05, 4.69) is 5.32 Å². The van der Waals surface area contributed by atoms with Gasteiger partial charge in [0.2, 0.25) is 5.91 Å². The van der Waals surface area contributed by atoms with E-state index >= 15 is 0 Å². The van der Waals surface area contributed by atoms with E-state index in [0.717, 1.165) is 19.1 Å². The summed E-state index contributed by atoms with van der Waals surface area (Å²) >= 11 is 0. The molecule has 0 spiro atoms. The van der Waals surface area contributed by atoms with Crippen LogP contribution in [0.3, 0.4) is 0 Å². The predicted molar refractivity (Wildman–Crippen MR) is 60.4 cm³/mol. The van der Waals surface area contributed by atoms with Gasteiger partial charge < -0.3 is 5.32 Å². The zero-order valence-corrected chi connectivity index (χ0v) is 10.6. The van der Waals surface area contributed by atoms with E-state index in [1.807, 2.05) is 0 Å². The molecule has 0 saturated carbocycles. The molecule has 8 nitrogen and oxygen atoms in total. The molecule has 0 aliphatic carbocycles. The molecular formula is C8H9NO7S2. The van der Waals surface area contributed by atoms with Crippen molar-refractivity contribution >= 4 is 31.8 Å². The van der Waals surface area contributed by atoms with Crippen LogP contribution in [0.5, 0.6) is 0 Å². The molecule has 0 aliphatic heterocycles. The standard InChI is InChI=1S/C8H9NO7S2/c1-5(10)9-6-2-7(17(11,12)13)4-8(3-6)18(14,15)16/h2-4H,1H3,(H,9,10)(H,11,12,13)(H,14,15,16). The number of carbonyl (C=O) groups excluding carboxylic acids is 1. The lowest BCUT2D eigenvalue weighted by molar-refractivity contribution is -0.114. The number of amides is 1. The van der Waals surface area contributed by atoms with Crippen LogP contribution in [0.2, 0.25) is 0 Å². The third-order valence-corrected chi connectivity index (χ3v) is 3.46. The molecule has 100 valence electrons. The van der Waals surface area contributed by atoms with Crippen molar-refractivity contribution in [3.63, 3.8) is 0 Å². The van der Waals surface area contributed by atoms with Crippen molar-refractivity contribution in [1.29, 1.82) is 0 Å². The van der Waals surface area contributed by atoms with Crippen molar-refractivity contribution in [2.75, 3.05) is 5.32 Å². The number of anilines is 1. The van der Waals surface area contributed by atoms with Gasteiger partial charge >= 0.3 is 0 Å². The van der Waals surface area contributed by atoms with Crippen LogP contribution < -0.4 is 5.32 Å². The normalized spacial score (nSPS) is 12.2. The van der Waals surface area contributed by atoms with Gasteiger partial charge in [-0.25, -0.2) is 0 Å². The molecule has 0 bridgehead atoms. The molecule has 1 rings (SSSR count). The van der Waals surface area contributed by atoms with Gasteiger partial charge in [-0.05, 0) is 18.2 Å². The predicted octanol–water partition coefficient (Wildman–Crippen LogP) is 0.138. The number of carbonyl (C=O) groups is 1. The highest BCUT2D eigenvalue weighted by Crippen LogP contribution is 2.22. The lowest BCUT2D eigenvalue weighted by Gasteiger charge is -2.06. The molecule has 0 saturated heterocycles. The van der Waals surface area contributed by atoms with Crippen LogP contribution in [0.1, 0.15) is 6.92 Å². The Kier molecular flexibility index (Phi) is 3.76. The fourth-order valence-electron chi connectivity index (χ4n) is 1.15. The van der Waals surface area contributed by atoms with Gasteiger partial charge in [-0.3, -0.25) is 13.9 Å². The molecule has 1 aromatic rings. The molecule has 18 heavy (non-hydrogen) atoms. The summed E-state index contributed by atoms with van der Waals surface area (Å²) in [7, 11) is -9.34. The summed E-state index contributed by atoms with van der Waals surface area (Å²) in [5, 5.41) is 2.14. The topological polar surface area (TPSA) is 138 Å². The van der Waals surface area contributed by atoms with Crippen molar-refractivity contribution in [2.45, 2.75) is 16.7 Å². The molecule has 1 amide bonds. The van der Waals surface area contributed by atoms with E-state index in [1.54, 1.807) is 0 Å². The fraction of sp³-hybridized carbons (Fsp3) is 0.125. The molecule has 0 aliphatic rings. The summed E-state index contributed by atoms with van der Waals surface area (Å²) in [6.45, 7) is 1.12. The first-order valence-electron chi connectivity index (χ1n) is 4.38. The van der Waals surface area contributed by atoms with Gasteiger partial charge in [0.1, 0.15) is 0 Å². The van der Waals surface area contributed by atoms with Crippen LogP contribution >= 0.6 is 0 Å². The second kappa shape index (κ2) is 4.65. The van der Waals surface area contributed by atoms with E-state index in [1.165, 1.54) is 0 Å². The van der Waals surface area contributed by atoms with Gasteiger partial charge in [-0.15, -0.1) is 0 Å². The molecule has 10 heteroatoms. The Hall–Kier alpha value is -1.49. The van der Waals surface area contributed by atoms with Crippen molar-refractivity contribution in [1.82, 2.24) is 0 Å². The zero-order valence-electron chi connectivity index (χ0n) is 8.98. The quantitative estimate of drug-likeness (QED) is 0.674. The molecule has 0 radical (unpaired) electrons. The molecule has 0 fully saturated rings.